The Balaban J connectivity index is 1.54. The van der Waals surface area contributed by atoms with Crippen molar-refractivity contribution in [2.75, 3.05) is 32.7 Å². The third kappa shape index (κ3) is 6.99. The topological polar surface area (TPSA) is 52.7 Å². The Morgan fingerprint density at radius 3 is 2.37 bits per heavy atom. The minimum absolute atomic E-state index is 0.0191. The molecule has 0 bridgehead atoms. The molecule has 0 radical (unpaired) electrons. The molecule has 5 nitrogen and oxygen atoms in total. The summed E-state index contributed by atoms with van der Waals surface area (Å²) in [6, 6.07) is 19.2. The van der Waals surface area contributed by atoms with Crippen LogP contribution in [0.25, 0.3) is 11.1 Å². The van der Waals surface area contributed by atoms with Gasteiger partial charge in [-0.1, -0.05) is 54.6 Å². The van der Waals surface area contributed by atoms with Crippen LogP contribution in [0.3, 0.4) is 0 Å². The maximum absolute atomic E-state index is 11.8. The van der Waals surface area contributed by atoms with Crippen molar-refractivity contribution in [1.29, 1.82) is 0 Å². The van der Waals surface area contributed by atoms with Crippen LogP contribution in [-0.2, 0) is 16.1 Å². The summed E-state index contributed by atoms with van der Waals surface area (Å²) >= 11 is 0. The smallest absolute Gasteiger partial charge is 0.222 e. The Hall–Kier alpha value is -2.66. The van der Waals surface area contributed by atoms with E-state index in [9.17, 15) is 9.59 Å². The fourth-order valence-corrected chi connectivity index (χ4v) is 3.95. The zero-order valence-corrected chi connectivity index (χ0v) is 18.0. The van der Waals surface area contributed by atoms with E-state index in [1.807, 2.05) is 11.0 Å². The molecule has 1 heterocycles. The van der Waals surface area contributed by atoms with Gasteiger partial charge in [0.25, 0.3) is 0 Å². The molecule has 0 spiro atoms. The molecule has 0 atom stereocenters. The second-order valence-corrected chi connectivity index (χ2v) is 8.01. The third-order valence-corrected chi connectivity index (χ3v) is 5.57. The van der Waals surface area contributed by atoms with E-state index < -0.39 is 0 Å². The molecule has 0 saturated carbocycles. The van der Waals surface area contributed by atoms with Gasteiger partial charge in [-0.25, -0.2) is 0 Å². The van der Waals surface area contributed by atoms with Crippen molar-refractivity contribution in [1.82, 2.24) is 15.1 Å². The van der Waals surface area contributed by atoms with E-state index in [1.54, 1.807) is 6.92 Å². The van der Waals surface area contributed by atoms with E-state index >= 15 is 0 Å². The first-order chi connectivity index (χ1) is 14.6. The summed E-state index contributed by atoms with van der Waals surface area (Å²) in [4.78, 5) is 27.4. The van der Waals surface area contributed by atoms with Crippen molar-refractivity contribution in [3.8, 4) is 11.1 Å². The highest BCUT2D eigenvalue weighted by atomic mass is 16.2. The van der Waals surface area contributed by atoms with E-state index in [2.05, 4.69) is 58.7 Å². The lowest BCUT2D eigenvalue weighted by atomic mass is 10.0. The fraction of sp³-hybridized carbons (Fsp3) is 0.440. The molecule has 1 aliphatic heterocycles. The molecular formula is C25H33N3O2. The summed E-state index contributed by atoms with van der Waals surface area (Å²) in [5, 5.41) is 2.88. The first-order valence-corrected chi connectivity index (χ1v) is 11.0. The van der Waals surface area contributed by atoms with Crippen LogP contribution in [0.5, 0.6) is 0 Å². The molecule has 1 saturated heterocycles. The number of benzene rings is 2. The first kappa shape index (κ1) is 22.0. The van der Waals surface area contributed by atoms with Gasteiger partial charge in [0.15, 0.2) is 0 Å². The molecule has 0 aliphatic carbocycles. The standard InChI is InChI=1S/C25H33N3O2/c1-21(29)26-15-6-16-27(17-7-19-28-18-5-10-25(28)30)20-22-11-13-24(14-12-22)23-8-3-2-4-9-23/h2-4,8-9,11-14H,5-7,10,15-20H2,1H3,(H,26,29). The number of nitrogens with zero attached hydrogens (tertiary/aromatic N) is 2. The van der Waals surface area contributed by atoms with E-state index in [1.165, 1.54) is 16.7 Å². The summed E-state index contributed by atoms with van der Waals surface area (Å²) in [6.07, 6.45) is 3.60. The van der Waals surface area contributed by atoms with Crippen LogP contribution in [0.4, 0.5) is 0 Å². The Labute approximate surface area is 180 Å². The van der Waals surface area contributed by atoms with Crippen molar-refractivity contribution in [2.45, 2.75) is 39.2 Å². The van der Waals surface area contributed by atoms with Crippen LogP contribution in [0.2, 0.25) is 0 Å². The molecule has 0 aromatic heterocycles. The SMILES string of the molecule is CC(=O)NCCCN(CCCN1CCCC1=O)Cc1ccc(-c2ccccc2)cc1. The zero-order chi connectivity index (χ0) is 21.2. The number of rotatable bonds is 11. The fourth-order valence-electron chi connectivity index (χ4n) is 3.95. The molecule has 2 aromatic rings. The number of hydrogen-bond donors (Lipinski definition) is 1. The summed E-state index contributed by atoms with van der Waals surface area (Å²) in [5.74, 6) is 0.314. The van der Waals surface area contributed by atoms with Crippen LogP contribution >= 0.6 is 0 Å². The number of amides is 2. The predicted molar refractivity (Wildman–Crippen MR) is 121 cm³/mol. The number of hydrogen-bond acceptors (Lipinski definition) is 3. The highest BCUT2D eigenvalue weighted by Crippen LogP contribution is 2.20. The average molecular weight is 408 g/mol. The minimum Gasteiger partial charge on any atom is -0.356 e. The molecule has 160 valence electrons. The van der Waals surface area contributed by atoms with Crippen molar-refractivity contribution in [3.63, 3.8) is 0 Å². The van der Waals surface area contributed by atoms with Gasteiger partial charge in [0.2, 0.25) is 11.8 Å². The van der Waals surface area contributed by atoms with Gasteiger partial charge in [-0.05, 0) is 36.0 Å². The molecule has 2 amide bonds. The molecule has 30 heavy (non-hydrogen) atoms. The highest BCUT2D eigenvalue weighted by molar-refractivity contribution is 5.78. The lowest BCUT2D eigenvalue weighted by molar-refractivity contribution is -0.127. The van der Waals surface area contributed by atoms with Crippen molar-refractivity contribution >= 4 is 11.8 Å². The molecule has 2 aromatic carbocycles. The second-order valence-electron chi connectivity index (χ2n) is 8.01. The number of carbonyl (C=O) groups excluding carboxylic acids is 2. The normalized spacial score (nSPS) is 13.8. The van der Waals surface area contributed by atoms with Crippen LogP contribution in [0.1, 0.15) is 38.2 Å². The van der Waals surface area contributed by atoms with Gasteiger partial charge in [0.1, 0.15) is 0 Å². The Morgan fingerprint density at radius 2 is 1.70 bits per heavy atom. The van der Waals surface area contributed by atoms with Crippen molar-refractivity contribution in [2.24, 2.45) is 0 Å². The largest absolute Gasteiger partial charge is 0.356 e. The highest BCUT2D eigenvalue weighted by Gasteiger charge is 2.19. The molecule has 1 N–H and O–H groups in total. The third-order valence-electron chi connectivity index (χ3n) is 5.57. The summed E-state index contributed by atoms with van der Waals surface area (Å²) in [7, 11) is 0. The average Bonchev–Trinajstić information content (AvgIpc) is 3.16. The van der Waals surface area contributed by atoms with Gasteiger partial charge < -0.3 is 10.2 Å². The van der Waals surface area contributed by atoms with Crippen molar-refractivity contribution < 1.29 is 9.59 Å². The van der Waals surface area contributed by atoms with Gasteiger partial charge in [-0.2, -0.15) is 0 Å². The predicted octanol–water partition coefficient (Wildman–Crippen LogP) is 3.69. The summed E-state index contributed by atoms with van der Waals surface area (Å²) in [6.45, 7) is 6.75. The van der Waals surface area contributed by atoms with Crippen LogP contribution < -0.4 is 5.32 Å². The van der Waals surface area contributed by atoms with E-state index in [-0.39, 0.29) is 5.91 Å². The maximum Gasteiger partial charge on any atom is 0.222 e. The lowest BCUT2D eigenvalue weighted by Gasteiger charge is -2.24. The van der Waals surface area contributed by atoms with Gasteiger partial charge in [0, 0.05) is 52.6 Å². The molecular weight excluding hydrogens is 374 g/mol. The number of likely N-dealkylation sites (tertiary alicyclic amines) is 1. The Kier molecular flexibility index (Phi) is 8.45. The van der Waals surface area contributed by atoms with Gasteiger partial charge >= 0.3 is 0 Å². The van der Waals surface area contributed by atoms with E-state index in [0.717, 1.165) is 52.0 Å². The Bertz CT molecular complexity index is 805. The van der Waals surface area contributed by atoms with Gasteiger partial charge in [0.05, 0.1) is 0 Å². The zero-order valence-electron chi connectivity index (χ0n) is 18.0. The van der Waals surface area contributed by atoms with Crippen molar-refractivity contribution in [3.05, 3.63) is 60.2 Å². The van der Waals surface area contributed by atoms with E-state index in [0.29, 0.717) is 18.9 Å². The number of carbonyl (C=O) groups is 2. The first-order valence-electron chi connectivity index (χ1n) is 11.0. The molecule has 1 aliphatic rings. The molecule has 5 heteroatoms. The summed E-state index contributed by atoms with van der Waals surface area (Å²) in [5.41, 5.74) is 3.74. The molecule has 3 rings (SSSR count). The van der Waals surface area contributed by atoms with E-state index in [4.69, 9.17) is 0 Å². The molecule has 0 unspecified atom stereocenters. The molecule has 1 fully saturated rings. The monoisotopic (exact) mass is 407 g/mol. The Morgan fingerprint density at radius 1 is 1.00 bits per heavy atom. The van der Waals surface area contributed by atoms with Crippen LogP contribution in [0.15, 0.2) is 54.6 Å². The lowest BCUT2D eigenvalue weighted by Crippen LogP contribution is -2.32. The number of nitrogens with one attached hydrogen (secondary N) is 1. The minimum atomic E-state index is 0.0191. The van der Waals surface area contributed by atoms with Crippen LogP contribution in [0, 0.1) is 0 Å². The van der Waals surface area contributed by atoms with Crippen LogP contribution in [-0.4, -0.2) is 54.3 Å². The maximum atomic E-state index is 11.8. The second kappa shape index (κ2) is 11.5. The summed E-state index contributed by atoms with van der Waals surface area (Å²) < 4.78 is 0. The van der Waals surface area contributed by atoms with Gasteiger partial charge in [-0.3, -0.25) is 14.5 Å². The van der Waals surface area contributed by atoms with Gasteiger partial charge in [-0.15, -0.1) is 0 Å². The quantitative estimate of drug-likeness (QED) is 0.578.